The number of carbonyl (C=O) groups is 1. The average molecular weight is 351 g/mol. The normalized spacial score (nSPS) is 10.1. The van der Waals surface area contributed by atoms with Crippen LogP contribution in [0.5, 0.6) is 17.2 Å². The molecule has 5 heteroatoms. The molecule has 2 rings (SSSR count). The van der Waals surface area contributed by atoms with Gasteiger partial charge < -0.3 is 14.2 Å². The molecule has 0 atom stereocenters. The van der Waals surface area contributed by atoms with Gasteiger partial charge in [-0.1, -0.05) is 0 Å². The first-order valence-corrected chi connectivity index (χ1v) is 7.00. The van der Waals surface area contributed by atoms with Gasteiger partial charge in [0.15, 0.2) is 17.3 Å². The average Bonchev–Trinajstić information content (AvgIpc) is 2.53. The van der Waals surface area contributed by atoms with Crippen LogP contribution < -0.4 is 14.2 Å². The van der Waals surface area contributed by atoms with Crippen molar-refractivity contribution in [3.05, 3.63) is 52.0 Å². The molecule has 2 aromatic carbocycles. The first kappa shape index (κ1) is 15.4. The Bertz CT molecular complexity index is 667. The topological polar surface area (TPSA) is 44.8 Å². The smallest absolute Gasteiger partial charge is 0.194 e. The van der Waals surface area contributed by atoms with Crippen LogP contribution >= 0.6 is 15.9 Å². The highest BCUT2D eigenvalue weighted by Crippen LogP contribution is 2.30. The van der Waals surface area contributed by atoms with E-state index < -0.39 is 0 Å². The van der Waals surface area contributed by atoms with E-state index in [1.54, 1.807) is 50.6 Å². The fourth-order valence-corrected chi connectivity index (χ4v) is 2.48. The second-order valence-electron chi connectivity index (χ2n) is 4.24. The van der Waals surface area contributed by atoms with E-state index >= 15 is 0 Å². The van der Waals surface area contributed by atoms with Crippen molar-refractivity contribution in [1.29, 1.82) is 0 Å². The summed E-state index contributed by atoms with van der Waals surface area (Å²) in [7, 11) is 4.67. The quantitative estimate of drug-likeness (QED) is 0.771. The Balaban J connectivity index is 2.40. The van der Waals surface area contributed by atoms with E-state index in [2.05, 4.69) is 15.9 Å². The zero-order valence-electron chi connectivity index (χ0n) is 12.0. The third-order valence-electron chi connectivity index (χ3n) is 3.07. The van der Waals surface area contributed by atoms with Gasteiger partial charge in [-0.3, -0.25) is 4.79 Å². The lowest BCUT2D eigenvalue weighted by molar-refractivity contribution is 0.103. The predicted octanol–water partition coefficient (Wildman–Crippen LogP) is 3.71. The van der Waals surface area contributed by atoms with E-state index in [-0.39, 0.29) is 5.78 Å². The van der Waals surface area contributed by atoms with Crippen molar-refractivity contribution in [3.8, 4) is 17.2 Å². The Morgan fingerprint density at radius 2 is 1.62 bits per heavy atom. The Kier molecular flexibility index (Phi) is 4.85. The van der Waals surface area contributed by atoms with Gasteiger partial charge in [-0.2, -0.15) is 0 Å². The molecular weight excluding hydrogens is 336 g/mol. The van der Waals surface area contributed by atoms with Crippen molar-refractivity contribution in [3.63, 3.8) is 0 Å². The fourth-order valence-electron chi connectivity index (χ4n) is 1.94. The maximum absolute atomic E-state index is 12.6. The van der Waals surface area contributed by atoms with Crippen LogP contribution in [0.1, 0.15) is 15.9 Å². The van der Waals surface area contributed by atoms with Crippen molar-refractivity contribution in [1.82, 2.24) is 0 Å². The number of carbonyl (C=O) groups excluding carboxylic acids is 1. The number of hydrogen-bond acceptors (Lipinski definition) is 4. The highest BCUT2D eigenvalue weighted by Gasteiger charge is 2.15. The molecule has 0 aromatic heterocycles. The number of hydrogen-bond donors (Lipinski definition) is 0. The van der Waals surface area contributed by atoms with E-state index in [0.717, 1.165) is 0 Å². The van der Waals surface area contributed by atoms with E-state index in [9.17, 15) is 4.79 Å². The van der Waals surface area contributed by atoms with Gasteiger partial charge in [0, 0.05) is 15.6 Å². The highest BCUT2D eigenvalue weighted by atomic mass is 79.9. The van der Waals surface area contributed by atoms with Crippen LogP contribution in [0, 0.1) is 0 Å². The first-order valence-electron chi connectivity index (χ1n) is 6.21. The van der Waals surface area contributed by atoms with Crippen LogP contribution in [0.4, 0.5) is 0 Å². The zero-order valence-corrected chi connectivity index (χ0v) is 13.6. The molecule has 0 saturated carbocycles. The molecule has 0 fully saturated rings. The summed E-state index contributed by atoms with van der Waals surface area (Å²) >= 11 is 3.39. The van der Waals surface area contributed by atoms with Crippen LogP contribution in [-0.2, 0) is 0 Å². The molecule has 0 saturated heterocycles. The minimum Gasteiger partial charge on any atom is -0.497 e. The third-order valence-corrected chi connectivity index (χ3v) is 3.72. The van der Waals surface area contributed by atoms with Crippen molar-refractivity contribution in [2.45, 2.75) is 0 Å². The summed E-state index contributed by atoms with van der Waals surface area (Å²) in [6.07, 6.45) is 0. The molecule has 110 valence electrons. The summed E-state index contributed by atoms with van der Waals surface area (Å²) < 4.78 is 16.2. The second-order valence-corrected chi connectivity index (χ2v) is 5.10. The van der Waals surface area contributed by atoms with Crippen molar-refractivity contribution in [2.24, 2.45) is 0 Å². The number of benzene rings is 2. The number of halogens is 1. The van der Waals surface area contributed by atoms with Gasteiger partial charge in [0.25, 0.3) is 0 Å². The number of ether oxygens (including phenoxy) is 3. The standard InChI is InChI=1S/C16H15BrO4/c1-19-11-5-6-12(13(17)9-11)16(18)10-4-7-14(20-2)15(8-10)21-3/h4-9H,1-3H3. The molecule has 2 aromatic rings. The Morgan fingerprint density at radius 1 is 0.905 bits per heavy atom. The molecule has 0 bridgehead atoms. The Hall–Kier alpha value is -2.01. The monoisotopic (exact) mass is 350 g/mol. The van der Waals surface area contributed by atoms with Crippen LogP contribution in [-0.4, -0.2) is 27.1 Å². The lowest BCUT2D eigenvalue weighted by Crippen LogP contribution is -2.03. The van der Waals surface area contributed by atoms with E-state index in [1.165, 1.54) is 7.11 Å². The molecule has 0 aliphatic rings. The fraction of sp³-hybridized carbons (Fsp3) is 0.188. The Labute approximate surface area is 131 Å². The van der Waals surface area contributed by atoms with Crippen LogP contribution in [0.15, 0.2) is 40.9 Å². The SMILES string of the molecule is COc1ccc(C(=O)c2ccc(OC)c(OC)c2)c(Br)c1. The number of ketones is 1. The minimum absolute atomic E-state index is 0.106. The summed E-state index contributed by atoms with van der Waals surface area (Å²) in [6.45, 7) is 0. The molecule has 0 radical (unpaired) electrons. The summed E-state index contributed by atoms with van der Waals surface area (Å²) in [5.41, 5.74) is 1.08. The zero-order chi connectivity index (χ0) is 15.4. The van der Waals surface area contributed by atoms with Gasteiger partial charge in [0.2, 0.25) is 0 Å². The minimum atomic E-state index is -0.106. The maximum Gasteiger partial charge on any atom is 0.194 e. The van der Waals surface area contributed by atoms with E-state index in [4.69, 9.17) is 14.2 Å². The molecule has 0 amide bonds. The maximum atomic E-state index is 12.6. The van der Waals surface area contributed by atoms with Gasteiger partial charge in [-0.05, 0) is 52.3 Å². The molecule has 0 heterocycles. The summed E-state index contributed by atoms with van der Waals surface area (Å²) in [5.74, 6) is 1.69. The van der Waals surface area contributed by atoms with Crippen LogP contribution in [0.3, 0.4) is 0 Å². The molecule has 0 unspecified atom stereocenters. The lowest BCUT2D eigenvalue weighted by Gasteiger charge is -2.10. The first-order chi connectivity index (χ1) is 10.1. The third kappa shape index (κ3) is 3.19. The van der Waals surface area contributed by atoms with E-state index in [0.29, 0.717) is 32.8 Å². The van der Waals surface area contributed by atoms with E-state index in [1.807, 2.05) is 0 Å². The predicted molar refractivity (Wildman–Crippen MR) is 83.7 cm³/mol. The highest BCUT2D eigenvalue weighted by molar-refractivity contribution is 9.10. The van der Waals surface area contributed by atoms with Gasteiger partial charge in [0.1, 0.15) is 5.75 Å². The van der Waals surface area contributed by atoms with Crippen molar-refractivity contribution in [2.75, 3.05) is 21.3 Å². The summed E-state index contributed by atoms with van der Waals surface area (Å²) in [6, 6.07) is 10.3. The number of methoxy groups -OCH3 is 3. The van der Waals surface area contributed by atoms with Gasteiger partial charge >= 0.3 is 0 Å². The largest absolute Gasteiger partial charge is 0.497 e. The second kappa shape index (κ2) is 6.63. The molecule has 21 heavy (non-hydrogen) atoms. The van der Waals surface area contributed by atoms with Gasteiger partial charge in [-0.25, -0.2) is 0 Å². The Morgan fingerprint density at radius 3 is 2.19 bits per heavy atom. The van der Waals surface area contributed by atoms with Crippen molar-refractivity contribution < 1.29 is 19.0 Å². The lowest BCUT2D eigenvalue weighted by atomic mass is 10.0. The van der Waals surface area contributed by atoms with Crippen molar-refractivity contribution >= 4 is 21.7 Å². The number of rotatable bonds is 5. The molecule has 4 nitrogen and oxygen atoms in total. The molecule has 0 N–H and O–H groups in total. The molecule has 0 aliphatic carbocycles. The summed E-state index contributed by atoms with van der Waals surface area (Å²) in [5, 5.41) is 0. The van der Waals surface area contributed by atoms with Gasteiger partial charge in [0.05, 0.1) is 21.3 Å². The molecular formula is C16H15BrO4. The summed E-state index contributed by atoms with van der Waals surface area (Å²) in [4.78, 5) is 12.6. The molecule has 0 spiro atoms. The molecule has 0 aliphatic heterocycles. The van der Waals surface area contributed by atoms with Crippen LogP contribution in [0.25, 0.3) is 0 Å². The van der Waals surface area contributed by atoms with Gasteiger partial charge in [-0.15, -0.1) is 0 Å². The van der Waals surface area contributed by atoms with Crippen LogP contribution in [0.2, 0.25) is 0 Å².